The molecule has 16 heavy (non-hydrogen) atoms. The number of rotatable bonds is 4. The fraction of sp³-hybridized carbons (Fsp3) is 0.500. The Hall–Kier alpha value is -1.16. The van der Waals surface area contributed by atoms with Crippen molar-refractivity contribution in [1.29, 1.82) is 0 Å². The molecule has 2 unspecified atom stereocenters. The van der Waals surface area contributed by atoms with E-state index in [4.69, 9.17) is 5.11 Å². The van der Waals surface area contributed by atoms with E-state index in [1.54, 1.807) is 13.8 Å². The van der Waals surface area contributed by atoms with Gasteiger partial charge in [-0.15, -0.1) is 11.3 Å². The molecule has 0 aromatic carbocycles. The molecule has 4 heteroatoms. The van der Waals surface area contributed by atoms with E-state index in [9.17, 15) is 9.59 Å². The van der Waals surface area contributed by atoms with Crippen LogP contribution in [-0.2, 0) is 4.79 Å². The van der Waals surface area contributed by atoms with E-state index in [2.05, 4.69) is 0 Å². The van der Waals surface area contributed by atoms with E-state index in [-0.39, 0.29) is 5.78 Å². The van der Waals surface area contributed by atoms with Crippen molar-refractivity contribution in [1.82, 2.24) is 0 Å². The Labute approximate surface area is 99.1 Å². The number of carbonyl (C=O) groups is 2. The maximum absolute atomic E-state index is 12.1. The summed E-state index contributed by atoms with van der Waals surface area (Å²) in [5, 5.41) is 8.87. The van der Waals surface area contributed by atoms with Crippen molar-refractivity contribution in [3.8, 4) is 0 Å². The number of carbonyl (C=O) groups excluding carboxylic acids is 1. The van der Waals surface area contributed by atoms with Gasteiger partial charge in [0, 0.05) is 10.8 Å². The Morgan fingerprint density at radius 3 is 2.19 bits per heavy atom. The lowest BCUT2D eigenvalue weighted by Crippen LogP contribution is -2.25. The van der Waals surface area contributed by atoms with Crippen molar-refractivity contribution < 1.29 is 14.7 Å². The van der Waals surface area contributed by atoms with Crippen LogP contribution in [0, 0.1) is 25.7 Å². The molecule has 1 heterocycles. The third-order valence-electron chi connectivity index (χ3n) is 2.82. The Kier molecular flexibility index (Phi) is 3.86. The highest BCUT2D eigenvalue weighted by molar-refractivity contribution is 7.14. The van der Waals surface area contributed by atoms with Gasteiger partial charge in [-0.1, -0.05) is 13.8 Å². The maximum Gasteiger partial charge on any atom is 0.306 e. The maximum atomic E-state index is 12.1. The van der Waals surface area contributed by atoms with E-state index >= 15 is 0 Å². The summed E-state index contributed by atoms with van der Waals surface area (Å²) in [6.07, 6.45) is 0. The summed E-state index contributed by atoms with van der Waals surface area (Å²) in [4.78, 5) is 24.7. The number of aryl methyl sites for hydroxylation is 2. The van der Waals surface area contributed by atoms with Crippen LogP contribution in [0.2, 0.25) is 0 Å². The fourth-order valence-corrected chi connectivity index (χ4v) is 2.60. The highest BCUT2D eigenvalue weighted by Crippen LogP contribution is 2.26. The molecule has 1 aromatic rings. The molecule has 1 aromatic heterocycles. The largest absolute Gasteiger partial charge is 0.481 e. The lowest BCUT2D eigenvalue weighted by atomic mass is 9.90. The minimum atomic E-state index is -0.924. The minimum Gasteiger partial charge on any atom is -0.481 e. The van der Waals surface area contributed by atoms with E-state index in [1.165, 1.54) is 11.3 Å². The quantitative estimate of drug-likeness (QED) is 0.823. The average Bonchev–Trinajstić information content (AvgIpc) is 2.54. The van der Waals surface area contributed by atoms with Crippen molar-refractivity contribution in [3.05, 3.63) is 21.4 Å². The lowest BCUT2D eigenvalue weighted by molar-refractivity contribution is -0.142. The molecule has 0 aliphatic rings. The summed E-state index contributed by atoms with van der Waals surface area (Å²) in [6.45, 7) is 7.07. The predicted octanol–water partition coefficient (Wildman–Crippen LogP) is 2.90. The van der Waals surface area contributed by atoms with Gasteiger partial charge < -0.3 is 5.11 Å². The van der Waals surface area contributed by atoms with E-state index < -0.39 is 17.8 Å². The molecule has 1 N–H and O–H groups in total. The molecule has 1 rings (SSSR count). The van der Waals surface area contributed by atoms with Gasteiger partial charge in [-0.25, -0.2) is 0 Å². The first-order valence-corrected chi connectivity index (χ1v) is 6.00. The number of ketones is 1. The van der Waals surface area contributed by atoms with E-state index in [0.29, 0.717) is 4.88 Å². The van der Waals surface area contributed by atoms with Crippen molar-refractivity contribution in [3.63, 3.8) is 0 Å². The SMILES string of the molecule is Cc1cc(C)c(C(=O)C(C)C(C)C(=O)O)s1. The van der Waals surface area contributed by atoms with Crippen LogP contribution in [0.1, 0.15) is 34.0 Å². The van der Waals surface area contributed by atoms with Gasteiger partial charge in [0.2, 0.25) is 0 Å². The Bertz CT molecular complexity index is 420. The third-order valence-corrected chi connectivity index (χ3v) is 3.98. The summed E-state index contributed by atoms with van der Waals surface area (Å²) in [5.74, 6) is -2.11. The zero-order valence-corrected chi connectivity index (χ0v) is 10.7. The molecule has 0 fully saturated rings. The zero-order valence-electron chi connectivity index (χ0n) is 9.90. The summed E-state index contributed by atoms with van der Waals surface area (Å²) in [6, 6.07) is 1.95. The smallest absolute Gasteiger partial charge is 0.306 e. The minimum absolute atomic E-state index is 0.0644. The monoisotopic (exact) mass is 240 g/mol. The van der Waals surface area contributed by atoms with Gasteiger partial charge in [0.05, 0.1) is 10.8 Å². The number of aliphatic carboxylic acids is 1. The van der Waals surface area contributed by atoms with Crippen LogP contribution in [0.3, 0.4) is 0 Å². The zero-order chi connectivity index (χ0) is 12.5. The van der Waals surface area contributed by atoms with Gasteiger partial charge in [0.15, 0.2) is 5.78 Å². The standard InChI is InChI=1S/C12H16O3S/c1-6-5-7(2)16-11(6)10(13)8(3)9(4)12(14)15/h5,8-9H,1-4H3,(H,14,15). The molecule has 0 amide bonds. The van der Waals surface area contributed by atoms with Gasteiger partial charge in [0.25, 0.3) is 0 Å². The lowest BCUT2D eigenvalue weighted by Gasteiger charge is -2.14. The summed E-state index contributed by atoms with van der Waals surface area (Å²) in [7, 11) is 0. The van der Waals surface area contributed by atoms with Crippen LogP contribution in [-0.4, -0.2) is 16.9 Å². The van der Waals surface area contributed by atoms with Gasteiger partial charge >= 0.3 is 5.97 Å². The molecule has 3 nitrogen and oxygen atoms in total. The van der Waals surface area contributed by atoms with Crippen molar-refractivity contribution in [2.24, 2.45) is 11.8 Å². The van der Waals surface area contributed by atoms with Crippen LogP contribution in [0.15, 0.2) is 6.07 Å². The number of carboxylic acids is 1. The predicted molar refractivity (Wildman–Crippen MR) is 64.1 cm³/mol. The molecule has 0 radical (unpaired) electrons. The first kappa shape index (κ1) is 12.9. The first-order chi connectivity index (χ1) is 7.34. The molecule has 0 saturated carbocycles. The highest BCUT2D eigenvalue weighted by Gasteiger charge is 2.28. The Morgan fingerprint density at radius 1 is 1.25 bits per heavy atom. The third kappa shape index (κ3) is 2.50. The molecule has 2 atom stereocenters. The Morgan fingerprint density at radius 2 is 1.81 bits per heavy atom. The van der Waals surface area contributed by atoms with Gasteiger partial charge in [-0.2, -0.15) is 0 Å². The molecule has 0 aliphatic carbocycles. The summed E-state index contributed by atoms with van der Waals surface area (Å²) in [5.41, 5.74) is 0.942. The number of thiophene rings is 1. The van der Waals surface area contributed by atoms with Crippen LogP contribution in [0.4, 0.5) is 0 Å². The first-order valence-electron chi connectivity index (χ1n) is 5.18. The van der Waals surface area contributed by atoms with Gasteiger partial charge in [-0.3, -0.25) is 9.59 Å². The number of Topliss-reactive ketones (excluding diaryl/α,β-unsaturated/α-hetero) is 1. The molecular weight excluding hydrogens is 224 g/mol. The summed E-state index contributed by atoms with van der Waals surface area (Å²) >= 11 is 1.44. The molecular formula is C12H16O3S. The van der Waals surface area contributed by atoms with Crippen molar-refractivity contribution in [2.75, 3.05) is 0 Å². The molecule has 0 aliphatic heterocycles. The second-order valence-electron chi connectivity index (χ2n) is 4.15. The average molecular weight is 240 g/mol. The van der Waals surface area contributed by atoms with Crippen LogP contribution >= 0.6 is 11.3 Å². The molecule has 0 bridgehead atoms. The van der Waals surface area contributed by atoms with E-state index in [1.807, 2.05) is 19.9 Å². The van der Waals surface area contributed by atoms with Crippen LogP contribution in [0.5, 0.6) is 0 Å². The van der Waals surface area contributed by atoms with Gasteiger partial charge in [-0.05, 0) is 25.5 Å². The number of hydrogen-bond donors (Lipinski definition) is 1. The second kappa shape index (κ2) is 4.78. The van der Waals surface area contributed by atoms with Crippen molar-refractivity contribution >= 4 is 23.1 Å². The fourth-order valence-electron chi connectivity index (χ4n) is 1.53. The van der Waals surface area contributed by atoms with Crippen LogP contribution in [0.25, 0.3) is 0 Å². The number of hydrogen-bond acceptors (Lipinski definition) is 3. The molecule has 0 saturated heterocycles. The summed E-state index contributed by atoms with van der Waals surface area (Å²) < 4.78 is 0. The van der Waals surface area contributed by atoms with E-state index in [0.717, 1.165) is 10.4 Å². The van der Waals surface area contributed by atoms with Crippen LogP contribution < -0.4 is 0 Å². The van der Waals surface area contributed by atoms with Crippen molar-refractivity contribution in [2.45, 2.75) is 27.7 Å². The Balaban J connectivity index is 2.94. The normalized spacial score (nSPS) is 14.5. The second-order valence-corrected chi connectivity index (χ2v) is 5.41. The molecule has 0 spiro atoms. The highest BCUT2D eigenvalue weighted by atomic mass is 32.1. The van der Waals surface area contributed by atoms with Gasteiger partial charge in [0.1, 0.15) is 0 Å². The number of carboxylic acid groups (broad SMARTS) is 1. The molecule has 88 valence electrons. The topological polar surface area (TPSA) is 54.4 Å².